The molecule has 2 amide bonds. The number of urea groups is 1. The van der Waals surface area contributed by atoms with Crippen molar-refractivity contribution in [2.24, 2.45) is 0 Å². The van der Waals surface area contributed by atoms with Gasteiger partial charge in [-0.3, -0.25) is 0 Å². The third-order valence-corrected chi connectivity index (χ3v) is 4.20. The fourth-order valence-corrected chi connectivity index (χ4v) is 2.97. The van der Waals surface area contributed by atoms with Crippen LogP contribution in [-0.2, 0) is 14.3 Å². The number of methoxy groups -OCH3 is 1. The summed E-state index contributed by atoms with van der Waals surface area (Å²) in [5, 5.41) is 9.26. The Bertz CT molecular complexity index is 384. The molecule has 0 saturated carbocycles. The van der Waals surface area contributed by atoms with E-state index in [1.54, 1.807) is 11.9 Å². The number of amides is 2. The highest BCUT2D eigenvalue weighted by molar-refractivity contribution is 5.83. The smallest absolute Gasteiger partial charge is 0.326 e. The normalized spacial score (nSPS) is 29.4. The van der Waals surface area contributed by atoms with Crippen LogP contribution in [0.15, 0.2) is 0 Å². The fourth-order valence-electron chi connectivity index (χ4n) is 2.97. The summed E-state index contributed by atoms with van der Waals surface area (Å²) in [6.45, 7) is 1.56. The summed E-state index contributed by atoms with van der Waals surface area (Å²) in [5.41, 5.74) is 0. The van der Waals surface area contributed by atoms with Crippen LogP contribution >= 0.6 is 0 Å². The van der Waals surface area contributed by atoms with Gasteiger partial charge in [0.25, 0.3) is 0 Å². The van der Waals surface area contributed by atoms with Crippen LogP contribution in [0.5, 0.6) is 0 Å². The number of ether oxygens (including phenoxy) is 2. The number of nitrogens with zero attached hydrogens (tertiary/aromatic N) is 2. The molecule has 2 heterocycles. The Kier molecular flexibility index (Phi) is 5.41. The van der Waals surface area contributed by atoms with Crippen LogP contribution in [0, 0.1) is 0 Å². The molecule has 2 rings (SSSR count). The number of carbonyl (C=O) groups excluding carboxylic acids is 1. The van der Waals surface area contributed by atoms with Gasteiger partial charge in [0.1, 0.15) is 6.04 Å². The van der Waals surface area contributed by atoms with Crippen molar-refractivity contribution >= 4 is 12.0 Å². The summed E-state index contributed by atoms with van der Waals surface area (Å²) in [7, 11) is 3.23. The number of carbonyl (C=O) groups is 2. The topological polar surface area (TPSA) is 79.3 Å². The molecule has 7 heteroatoms. The zero-order chi connectivity index (χ0) is 15.4. The summed E-state index contributed by atoms with van der Waals surface area (Å²) in [5.74, 6) is -0.981. The molecular weight excluding hydrogens is 276 g/mol. The lowest BCUT2D eigenvalue weighted by Gasteiger charge is -2.31. The first-order valence-electron chi connectivity index (χ1n) is 7.42. The number of hydrogen-bond donors (Lipinski definition) is 1. The molecule has 3 atom stereocenters. The van der Waals surface area contributed by atoms with E-state index in [0.29, 0.717) is 19.5 Å². The van der Waals surface area contributed by atoms with E-state index in [9.17, 15) is 14.7 Å². The monoisotopic (exact) mass is 300 g/mol. The number of carboxylic acids is 1. The van der Waals surface area contributed by atoms with Gasteiger partial charge in [0.2, 0.25) is 0 Å². The minimum Gasteiger partial charge on any atom is -0.480 e. The summed E-state index contributed by atoms with van der Waals surface area (Å²) < 4.78 is 10.8. The molecule has 3 unspecified atom stereocenters. The summed E-state index contributed by atoms with van der Waals surface area (Å²) in [4.78, 5) is 26.7. The number of rotatable bonds is 4. The molecule has 0 aromatic heterocycles. The summed E-state index contributed by atoms with van der Waals surface area (Å²) >= 11 is 0. The van der Waals surface area contributed by atoms with Crippen LogP contribution in [0.2, 0.25) is 0 Å². The molecule has 0 radical (unpaired) electrons. The maximum absolute atomic E-state index is 12.5. The van der Waals surface area contributed by atoms with E-state index in [2.05, 4.69) is 0 Å². The van der Waals surface area contributed by atoms with Crippen molar-refractivity contribution in [1.29, 1.82) is 0 Å². The first-order chi connectivity index (χ1) is 10.0. The average molecular weight is 300 g/mol. The van der Waals surface area contributed by atoms with Crippen LogP contribution in [0.25, 0.3) is 0 Å². The number of likely N-dealkylation sites (N-methyl/N-ethyl adjacent to an activating group) is 1. The molecule has 0 aromatic rings. The second-order valence-electron chi connectivity index (χ2n) is 5.75. The van der Waals surface area contributed by atoms with Crippen LogP contribution < -0.4 is 0 Å². The molecule has 2 aliphatic heterocycles. The Labute approximate surface area is 124 Å². The predicted molar refractivity (Wildman–Crippen MR) is 75.2 cm³/mol. The van der Waals surface area contributed by atoms with Crippen molar-refractivity contribution in [1.82, 2.24) is 9.80 Å². The quantitative estimate of drug-likeness (QED) is 0.830. The highest BCUT2D eigenvalue weighted by Gasteiger charge is 2.41. The van der Waals surface area contributed by atoms with Crippen LogP contribution in [0.3, 0.4) is 0 Å². The summed E-state index contributed by atoms with van der Waals surface area (Å²) in [6.07, 6.45) is 3.30. The van der Waals surface area contributed by atoms with E-state index >= 15 is 0 Å². The number of aliphatic carboxylic acids is 1. The first-order valence-corrected chi connectivity index (χ1v) is 7.42. The van der Waals surface area contributed by atoms with E-state index in [0.717, 1.165) is 25.9 Å². The lowest BCUT2D eigenvalue weighted by Crippen LogP contribution is -2.49. The van der Waals surface area contributed by atoms with E-state index in [4.69, 9.17) is 9.47 Å². The van der Waals surface area contributed by atoms with E-state index < -0.39 is 12.0 Å². The van der Waals surface area contributed by atoms with Gasteiger partial charge in [0.15, 0.2) is 0 Å². The molecule has 120 valence electrons. The Balaban J connectivity index is 1.94. The lowest BCUT2D eigenvalue weighted by molar-refractivity contribution is -0.141. The molecule has 0 aliphatic carbocycles. The van der Waals surface area contributed by atoms with Gasteiger partial charge < -0.3 is 24.4 Å². The predicted octanol–water partition coefficient (Wildman–Crippen LogP) is 0.781. The van der Waals surface area contributed by atoms with E-state index in [1.165, 1.54) is 12.0 Å². The van der Waals surface area contributed by atoms with Crippen molar-refractivity contribution in [3.05, 3.63) is 0 Å². The van der Waals surface area contributed by atoms with Gasteiger partial charge in [-0.1, -0.05) is 0 Å². The van der Waals surface area contributed by atoms with Gasteiger partial charge in [-0.2, -0.15) is 0 Å². The van der Waals surface area contributed by atoms with Gasteiger partial charge in [-0.05, 0) is 19.3 Å². The Morgan fingerprint density at radius 2 is 2.19 bits per heavy atom. The highest BCUT2D eigenvalue weighted by Crippen LogP contribution is 2.22. The van der Waals surface area contributed by atoms with Gasteiger partial charge >= 0.3 is 12.0 Å². The van der Waals surface area contributed by atoms with Gasteiger partial charge in [0.05, 0.1) is 12.2 Å². The second kappa shape index (κ2) is 7.09. The molecule has 0 spiro atoms. The van der Waals surface area contributed by atoms with Crippen molar-refractivity contribution < 1.29 is 24.2 Å². The Morgan fingerprint density at radius 1 is 1.43 bits per heavy atom. The number of likely N-dealkylation sites (tertiary alicyclic amines) is 1. The van der Waals surface area contributed by atoms with Crippen molar-refractivity contribution in [3.63, 3.8) is 0 Å². The molecule has 1 N–H and O–H groups in total. The van der Waals surface area contributed by atoms with Gasteiger partial charge in [-0.25, -0.2) is 9.59 Å². The molecule has 21 heavy (non-hydrogen) atoms. The third kappa shape index (κ3) is 3.85. The summed E-state index contributed by atoms with van der Waals surface area (Å²) in [6, 6.07) is -1.08. The molecule has 2 saturated heterocycles. The first kappa shape index (κ1) is 16.0. The Morgan fingerprint density at radius 3 is 2.76 bits per heavy atom. The standard InChI is InChI=1S/C14H24N2O5/c1-15(8-10-5-3-4-6-21-10)14(19)16-9-11(20-2)7-12(16)13(17)18/h10-12H,3-9H2,1-2H3,(H,17,18). The zero-order valence-corrected chi connectivity index (χ0v) is 12.7. The van der Waals surface area contributed by atoms with Crippen molar-refractivity contribution in [2.75, 3.05) is 33.9 Å². The SMILES string of the molecule is COC1CC(C(=O)O)N(C(=O)N(C)CC2CCCCO2)C1. The van der Waals surface area contributed by atoms with Gasteiger partial charge in [0, 0.05) is 40.3 Å². The highest BCUT2D eigenvalue weighted by atomic mass is 16.5. The molecule has 2 fully saturated rings. The minimum absolute atomic E-state index is 0.0526. The van der Waals surface area contributed by atoms with Crippen LogP contribution in [0.4, 0.5) is 4.79 Å². The molecular formula is C14H24N2O5. The molecule has 2 aliphatic rings. The van der Waals surface area contributed by atoms with Crippen LogP contribution in [0.1, 0.15) is 25.7 Å². The molecule has 7 nitrogen and oxygen atoms in total. The zero-order valence-electron chi connectivity index (χ0n) is 12.7. The second-order valence-corrected chi connectivity index (χ2v) is 5.75. The molecule has 0 bridgehead atoms. The number of hydrogen-bond acceptors (Lipinski definition) is 4. The van der Waals surface area contributed by atoms with Crippen molar-refractivity contribution in [2.45, 2.75) is 43.9 Å². The maximum atomic E-state index is 12.5. The lowest BCUT2D eigenvalue weighted by atomic mass is 10.1. The van der Waals surface area contributed by atoms with Crippen LogP contribution in [-0.4, -0.2) is 79.0 Å². The Hall–Kier alpha value is -1.34. The number of carboxylic acid groups (broad SMARTS) is 1. The van der Waals surface area contributed by atoms with E-state index in [-0.39, 0.29) is 18.2 Å². The average Bonchev–Trinajstić information content (AvgIpc) is 2.92. The maximum Gasteiger partial charge on any atom is 0.326 e. The largest absolute Gasteiger partial charge is 0.480 e. The van der Waals surface area contributed by atoms with Gasteiger partial charge in [-0.15, -0.1) is 0 Å². The van der Waals surface area contributed by atoms with E-state index in [1.807, 2.05) is 0 Å². The fraction of sp³-hybridized carbons (Fsp3) is 0.857. The molecule has 0 aromatic carbocycles. The van der Waals surface area contributed by atoms with Crippen molar-refractivity contribution in [3.8, 4) is 0 Å². The third-order valence-electron chi connectivity index (χ3n) is 4.20. The minimum atomic E-state index is -0.981.